The number of hydrogen-bond acceptors (Lipinski definition) is 1. The lowest BCUT2D eigenvalue weighted by Gasteiger charge is -2.04. The topological polar surface area (TPSA) is 20.2 Å². The average Bonchev–Trinajstić information content (AvgIpc) is 2.30. The number of hydrogen-bond donors (Lipinski definition) is 1. The predicted molar refractivity (Wildman–Crippen MR) is 44.7 cm³/mol. The molecule has 0 heterocycles. The molecule has 0 aromatic heterocycles. The van der Waals surface area contributed by atoms with Gasteiger partial charge in [0.25, 0.3) is 0 Å². The van der Waals surface area contributed by atoms with Crippen LogP contribution in [-0.2, 0) is 6.42 Å². The third kappa shape index (κ3) is 1.05. The second-order valence-electron chi connectivity index (χ2n) is 2.87. The first kappa shape index (κ1) is 7.14. The van der Waals surface area contributed by atoms with E-state index in [9.17, 15) is 5.11 Å². The summed E-state index contributed by atoms with van der Waals surface area (Å²) >= 11 is 5.94. The molecule has 1 aliphatic rings. The summed E-state index contributed by atoms with van der Waals surface area (Å²) in [5.74, 6) is 0. The molecule has 2 heteroatoms. The molecule has 0 unspecified atom stereocenters. The Kier molecular flexibility index (Phi) is 1.63. The highest BCUT2D eigenvalue weighted by atomic mass is 35.5. The molecule has 1 N–H and O–H groups in total. The maximum atomic E-state index is 9.39. The van der Waals surface area contributed by atoms with Crippen LogP contribution in [0.15, 0.2) is 24.3 Å². The largest absolute Gasteiger partial charge is 0.391 e. The molecule has 1 aromatic rings. The Labute approximate surface area is 70.6 Å². The summed E-state index contributed by atoms with van der Waals surface area (Å²) in [5, 5.41) is 9.18. The Hall–Kier alpha value is -0.530. The number of halogens is 1. The molecule has 2 rings (SSSR count). The van der Waals surface area contributed by atoms with Crippen LogP contribution < -0.4 is 0 Å². The third-order valence-electron chi connectivity index (χ3n) is 2.12. The zero-order valence-corrected chi connectivity index (χ0v) is 6.75. The van der Waals surface area contributed by atoms with E-state index in [-0.39, 0.29) is 5.38 Å². The first-order valence-electron chi connectivity index (χ1n) is 3.69. The minimum atomic E-state index is -0.394. The average molecular weight is 169 g/mol. The van der Waals surface area contributed by atoms with Gasteiger partial charge in [-0.1, -0.05) is 24.3 Å². The molecule has 0 aliphatic heterocycles. The quantitative estimate of drug-likeness (QED) is 0.587. The molecule has 0 fully saturated rings. The molecular formula is C9H9ClO. The Morgan fingerprint density at radius 1 is 1.36 bits per heavy atom. The van der Waals surface area contributed by atoms with Gasteiger partial charge in [-0.15, -0.1) is 11.6 Å². The molecule has 2 atom stereocenters. The lowest BCUT2D eigenvalue weighted by Crippen LogP contribution is -2.07. The fourth-order valence-electron chi connectivity index (χ4n) is 1.53. The van der Waals surface area contributed by atoms with Crippen molar-refractivity contribution in [3.63, 3.8) is 0 Å². The normalized spacial score (nSPS) is 28.5. The van der Waals surface area contributed by atoms with Crippen LogP contribution in [0.4, 0.5) is 0 Å². The van der Waals surface area contributed by atoms with E-state index in [0.717, 1.165) is 5.56 Å². The van der Waals surface area contributed by atoms with Gasteiger partial charge in [-0.05, 0) is 11.1 Å². The molecule has 0 saturated heterocycles. The van der Waals surface area contributed by atoms with Gasteiger partial charge >= 0.3 is 0 Å². The number of benzene rings is 1. The first-order chi connectivity index (χ1) is 5.29. The van der Waals surface area contributed by atoms with Crippen molar-refractivity contribution in [2.75, 3.05) is 0 Å². The fourth-order valence-corrected chi connectivity index (χ4v) is 1.83. The first-order valence-corrected chi connectivity index (χ1v) is 4.12. The molecule has 0 spiro atoms. The lowest BCUT2D eigenvalue weighted by molar-refractivity contribution is 0.182. The van der Waals surface area contributed by atoms with Gasteiger partial charge in [-0.25, -0.2) is 0 Å². The van der Waals surface area contributed by atoms with Crippen LogP contribution in [0, 0.1) is 0 Å². The van der Waals surface area contributed by atoms with E-state index in [1.807, 2.05) is 24.3 Å². The summed E-state index contributed by atoms with van der Waals surface area (Å²) < 4.78 is 0. The van der Waals surface area contributed by atoms with Gasteiger partial charge in [0, 0.05) is 6.42 Å². The molecule has 0 radical (unpaired) electrons. The van der Waals surface area contributed by atoms with Gasteiger partial charge in [-0.3, -0.25) is 0 Å². The second-order valence-corrected chi connectivity index (χ2v) is 3.34. The predicted octanol–water partition coefficient (Wildman–Crippen LogP) is 1.88. The summed E-state index contributed by atoms with van der Waals surface area (Å²) in [5.41, 5.74) is 2.27. The van der Waals surface area contributed by atoms with Gasteiger partial charge in [-0.2, -0.15) is 0 Å². The minimum Gasteiger partial charge on any atom is -0.391 e. The number of aliphatic hydroxyl groups excluding tert-OH is 1. The van der Waals surface area contributed by atoms with Crippen molar-refractivity contribution in [3.8, 4) is 0 Å². The Morgan fingerprint density at radius 2 is 2.09 bits per heavy atom. The lowest BCUT2D eigenvalue weighted by atomic mass is 10.1. The van der Waals surface area contributed by atoms with E-state index >= 15 is 0 Å². The van der Waals surface area contributed by atoms with E-state index in [1.54, 1.807) is 0 Å². The van der Waals surface area contributed by atoms with Gasteiger partial charge in [0.2, 0.25) is 0 Å². The molecule has 58 valence electrons. The summed E-state index contributed by atoms with van der Waals surface area (Å²) in [6.45, 7) is 0. The van der Waals surface area contributed by atoms with Crippen LogP contribution in [0.5, 0.6) is 0 Å². The third-order valence-corrected chi connectivity index (χ3v) is 2.65. The standard InChI is InChI=1S/C9H9ClO/c10-9-7-4-2-1-3-6(7)5-8(9)11/h1-4,8-9,11H,5H2/t8-,9+/m1/s1. The Morgan fingerprint density at radius 3 is 2.82 bits per heavy atom. The number of rotatable bonds is 0. The van der Waals surface area contributed by atoms with E-state index in [4.69, 9.17) is 11.6 Å². The van der Waals surface area contributed by atoms with Crippen molar-refractivity contribution < 1.29 is 5.11 Å². The van der Waals surface area contributed by atoms with Crippen molar-refractivity contribution in [2.24, 2.45) is 0 Å². The second kappa shape index (κ2) is 2.50. The van der Waals surface area contributed by atoms with Gasteiger partial charge < -0.3 is 5.11 Å². The van der Waals surface area contributed by atoms with Crippen molar-refractivity contribution in [1.29, 1.82) is 0 Å². The van der Waals surface area contributed by atoms with Crippen LogP contribution in [0.1, 0.15) is 16.5 Å². The Balaban J connectivity index is 2.47. The van der Waals surface area contributed by atoms with Crippen LogP contribution in [0.2, 0.25) is 0 Å². The molecule has 1 aromatic carbocycles. The van der Waals surface area contributed by atoms with Gasteiger partial charge in [0.05, 0.1) is 11.5 Å². The highest BCUT2D eigenvalue weighted by Crippen LogP contribution is 2.35. The maximum absolute atomic E-state index is 9.39. The zero-order chi connectivity index (χ0) is 7.84. The van der Waals surface area contributed by atoms with Crippen molar-refractivity contribution in [2.45, 2.75) is 17.9 Å². The number of fused-ring (bicyclic) bond motifs is 1. The molecule has 1 aliphatic carbocycles. The highest BCUT2D eigenvalue weighted by Gasteiger charge is 2.28. The van der Waals surface area contributed by atoms with E-state index in [1.165, 1.54) is 5.56 Å². The van der Waals surface area contributed by atoms with E-state index < -0.39 is 6.10 Å². The van der Waals surface area contributed by atoms with Gasteiger partial charge in [0.15, 0.2) is 0 Å². The zero-order valence-electron chi connectivity index (χ0n) is 6.00. The smallest absolute Gasteiger partial charge is 0.0850 e. The maximum Gasteiger partial charge on any atom is 0.0850 e. The monoisotopic (exact) mass is 168 g/mol. The molecule has 0 saturated carbocycles. The number of alkyl halides is 1. The Bertz CT molecular complexity index is 272. The molecule has 0 amide bonds. The molecule has 1 nitrogen and oxygen atoms in total. The van der Waals surface area contributed by atoms with E-state index in [2.05, 4.69) is 0 Å². The molecule has 0 bridgehead atoms. The fraction of sp³-hybridized carbons (Fsp3) is 0.333. The minimum absolute atomic E-state index is 0.203. The van der Waals surface area contributed by atoms with Crippen LogP contribution >= 0.6 is 11.6 Å². The van der Waals surface area contributed by atoms with Crippen molar-refractivity contribution >= 4 is 11.6 Å². The van der Waals surface area contributed by atoms with Crippen molar-refractivity contribution in [3.05, 3.63) is 35.4 Å². The highest BCUT2D eigenvalue weighted by molar-refractivity contribution is 6.21. The van der Waals surface area contributed by atoms with Crippen LogP contribution in [-0.4, -0.2) is 11.2 Å². The number of aliphatic hydroxyl groups is 1. The summed E-state index contributed by atoms with van der Waals surface area (Å²) in [6.07, 6.45) is 0.304. The van der Waals surface area contributed by atoms with Crippen LogP contribution in [0.3, 0.4) is 0 Å². The molecule has 11 heavy (non-hydrogen) atoms. The van der Waals surface area contributed by atoms with E-state index in [0.29, 0.717) is 6.42 Å². The van der Waals surface area contributed by atoms with Crippen LogP contribution in [0.25, 0.3) is 0 Å². The van der Waals surface area contributed by atoms with Gasteiger partial charge in [0.1, 0.15) is 0 Å². The summed E-state index contributed by atoms with van der Waals surface area (Å²) in [4.78, 5) is 0. The summed E-state index contributed by atoms with van der Waals surface area (Å²) in [6, 6.07) is 7.91. The summed E-state index contributed by atoms with van der Waals surface area (Å²) in [7, 11) is 0. The molecular weight excluding hydrogens is 160 g/mol. The SMILES string of the molecule is O[C@@H]1Cc2ccccc2[C@@H]1Cl. The van der Waals surface area contributed by atoms with Crippen molar-refractivity contribution in [1.82, 2.24) is 0 Å².